The Balaban J connectivity index is 1.48. The Morgan fingerprint density at radius 2 is 2.15 bits per heavy atom. The summed E-state index contributed by atoms with van der Waals surface area (Å²) in [6, 6.07) is 4.70. The van der Waals surface area contributed by atoms with E-state index in [0.717, 1.165) is 39.0 Å². The van der Waals surface area contributed by atoms with Crippen molar-refractivity contribution in [3.05, 3.63) is 35.5 Å². The average Bonchev–Trinajstić information content (AvgIpc) is 3.16. The molecule has 0 bridgehead atoms. The lowest BCUT2D eigenvalue weighted by molar-refractivity contribution is -0.132. The second kappa shape index (κ2) is 9.08. The monoisotopic (exact) mass is 374 g/mol. The summed E-state index contributed by atoms with van der Waals surface area (Å²) in [5, 5.41) is 7.32. The van der Waals surface area contributed by atoms with E-state index in [1.165, 1.54) is 6.07 Å². The quantitative estimate of drug-likeness (QED) is 0.807. The molecule has 2 aromatic rings. The molecule has 1 amide bonds. The van der Waals surface area contributed by atoms with Gasteiger partial charge in [0.25, 0.3) is 0 Å². The van der Waals surface area contributed by atoms with E-state index in [4.69, 9.17) is 4.52 Å². The molecule has 0 atom stereocenters. The van der Waals surface area contributed by atoms with Gasteiger partial charge in [0.15, 0.2) is 0 Å². The summed E-state index contributed by atoms with van der Waals surface area (Å²) in [6.45, 7) is 7.46. The smallest absolute Gasteiger partial charge is 0.227 e. The van der Waals surface area contributed by atoms with Crippen LogP contribution in [-0.2, 0) is 11.2 Å². The SMILES string of the molecule is CCNCC1CCN(C(=O)CCc2nc(-c3ccc(F)c(C)c3)no2)CC1. The summed E-state index contributed by atoms with van der Waals surface area (Å²) in [7, 11) is 0. The number of aryl methyl sites for hydroxylation is 2. The predicted octanol–water partition coefficient (Wildman–Crippen LogP) is 2.96. The largest absolute Gasteiger partial charge is 0.343 e. The van der Waals surface area contributed by atoms with Crippen molar-refractivity contribution in [2.45, 2.75) is 39.5 Å². The van der Waals surface area contributed by atoms with Crippen LogP contribution >= 0.6 is 0 Å². The fourth-order valence-corrected chi connectivity index (χ4v) is 3.36. The molecule has 0 radical (unpaired) electrons. The van der Waals surface area contributed by atoms with Crippen molar-refractivity contribution < 1.29 is 13.7 Å². The standard InChI is InChI=1S/C20H27FN4O2/c1-3-22-13-15-8-10-25(11-9-15)19(26)7-6-18-23-20(24-27-18)16-4-5-17(21)14(2)12-16/h4-5,12,15,22H,3,6-11,13H2,1-2H3. The molecule has 7 heteroatoms. The van der Waals surface area contributed by atoms with E-state index in [9.17, 15) is 9.18 Å². The maximum absolute atomic E-state index is 13.4. The van der Waals surface area contributed by atoms with Gasteiger partial charge in [0.1, 0.15) is 5.82 Å². The minimum atomic E-state index is -0.262. The highest BCUT2D eigenvalue weighted by Gasteiger charge is 2.22. The average molecular weight is 374 g/mol. The molecule has 1 N–H and O–H groups in total. The number of hydrogen-bond acceptors (Lipinski definition) is 5. The van der Waals surface area contributed by atoms with Gasteiger partial charge >= 0.3 is 0 Å². The second-order valence-electron chi connectivity index (χ2n) is 7.11. The molecular formula is C20H27FN4O2. The highest BCUT2D eigenvalue weighted by molar-refractivity contribution is 5.76. The number of nitrogens with zero attached hydrogens (tertiary/aromatic N) is 3. The lowest BCUT2D eigenvalue weighted by atomic mass is 9.96. The number of benzene rings is 1. The van der Waals surface area contributed by atoms with Gasteiger partial charge < -0.3 is 14.7 Å². The van der Waals surface area contributed by atoms with Gasteiger partial charge in [-0.25, -0.2) is 4.39 Å². The molecule has 1 aliphatic rings. The Kier molecular flexibility index (Phi) is 6.55. The summed E-state index contributed by atoms with van der Waals surface area (Å²) in [4.78, 5) is 18.7. The predicted molar refractivity (Wildman–Crippen MR) is 101 cm³/mol. The van der Waals surface area contributed by atoms with Gasteiger partial charge in [-0.2, -0.15) is 4.98 Å². The number of piperidine rings is 1. The normalized spacial score (nSPS) is 15.3. The van der Waals surface area contributed by atoms with E-state index >= 15 is 0 Å². The van der Waals surface area contributed by atoms with Gasteiger partial charge in [0.05, 0.1) is 0 Å². The Labute approximate surface area is 159 Å². The summed E-state index contributed by atoms with van der Waals surface area (Å²) in [6.07, 6.45) is 2.88. The number of amides is 1. The number of aromatic nitrogens is 2. The van der Waals surface area contributed by atoms with Crippen LogP contribution in [0.15, 0.2) is 22.7 Å². The van der Waals surface area contributed by atoms with Crippen LogP contribution in [0.4, 0.5) is 4.39 Å². The van der Waals surface area contributed by atoms with Crippen molar-refractivity contribution in [3.63, 3.8) is 0 Å². The minimum Gasteiger partial charge on any atom is -0.343 e. The summed E-state index contributed by atoms with van der Waals surface area (Å²) < 4.78 is 18.6. The number of rotatable bonds is 7. The van der Waals surface area contributed by atoms with Gasteiger partial charge in [0.2, 0.25) is 17.6 Å². The summed E-state index contributed by atoms with van der Waals surface area (Å²) in [5.74, 6) is 1.38. The molecule has 1 saturated heterocycles. The zero-order valence-corrected chi connectivity index (χ0v) is 16.0. The van der Waals surface area contributed by atoms with Crippen molar-refractivity contribution in [1.82, 2.24) is 20.4 Å². The van der Waals surface area contributed by atoms with E-state index in [1.807, 2.05) is 4.90 Å². The van der Waals surface area contributed by atoms with Crippen LogP contribution in [-0.4, -0.2) is 47.1 Å². The minimum absolute atomic E-state index is 0.134. The molecule has 0 aliphatic carbocycles. The topological polar surface area (TPSA) is 71.3 Å². The van der Waals surface area contributed by atoms with Gasteiger partial charge in [-0.1, -0.05) is 12.1 Å². The molecule has 1 aromatic heterocycles. The van der Waals surface area contributed by atoms with Crippen molar-refractivity contribution in [1.29, 1.82) is 0 Å². The number of carbonyl (C=O) groups excluding carboxylic acids is 1. The van der Waals surface area contributed by atoms with Gasteiger partial charge in [-0.05, 0) is 62.5 Å². The Morgan fingerprint density at radius 3 is 2.85 bits per heavy atom. The summed E-state index contributed by atoms with van der Waals surface area (Å²) >= 11 is 0. The number of halogens is 1. The molecule has 2 heterocycles. The first-order valence-corrected chi connectivity index (χ1v) is 9.64. The highest BCUT2D eigenvalue weighted by atomic mass is 19.1. The van der Waals surface area contributed by atoms with Crippen LogP contribution in [0.5, 0.6) is 0 Å². The van der Waals surface area contributed by atoms with Gasteiger partial charge in [0, 0.05) is 31.5 Å². The molecule has 0 saturated carbocycles. The zero-order valence-electron chi connectivity index (χ0n) is 16.0. The highest BCUT2D eigenvalue weighted by Crippen LogP contribution is 2.20. The molecule has 27 heavy (non-hydrogen) atoms. The van der Waals surface area contributed by atoms with E-state index in [2.05, 4.69) is 22.4 Å². The maximum atomic E-state index is 13.4. The lowest BCUT2D eigenvalue weighted by Crippen LogP contribution is -2.40. The number of hydrogen-bond donors (Lipinski definition) is 1. The van der Waals surface area contributed by atoms with E-state index < -0.39 is 0 Å². The number of likely N-dealkylation sites (tertiary alicyclic amines) is 1. The summed E-state index contributed by atoms with van der Waals surface area (Å²) in [5.41, 5.74) is 1.24. The molecule has 0 spiro atoms. The fraction of sp³-hybridized carbons (Fsp3) is 0.550. The molecule has 1 aromatic carbocycles. The number of nitrogens with one attached hydrogen (secondary N) is 1. The van der Waals surface area contributed by atoms with Crippen molar-refractivity contribution >= 4 is 5.91 Å². The van der Waals surface area contributed by atoms with Crippen LogP contribution in [0.2, 0.25) is 0 Å². The Morgan fingerprint density at radius 1 is 1.37 bits per heavy atom. The third-order valence-corrected chi connectivity index (χ3v) is 5.09. The lowest BCUT2D eigenvalue weighted by Gasteiger charge is -2.32. The van der Waals surface area contributed by atoms with E-state index in [-0.39, 0.29) is 11.7 Å². The Hall–Kier alpha value is -2.28. The first-order chi connectivity index (χ1) is 13.1. The Bertz CT molecular complexity index is 769. The fourth-order valence-electron chi connectivity index (χ4n) is 3.36. The van der Waals surface area contributed by atoms with Crippen LogP contribution < -0.4 is 5.32 Å². The molecule has 6 nitrogen and oxygen atoms in total. The second-order valence-corrected chi connectivity index (χ2v) is 7.11. The first-order valence-electron chi connectivity index (χ1n) is 9.64. The van der Waals surface area contributed by atoms with Gasteiger partial charge in [-0.3, -0.25) is 4.79 Å². The van der Waals surface area contributed by atoms with E-state index in [1.54, 1.807) is 19.1 Å². The molecule has 3 rings (SSSR count). The number of carbonyl (C=O) groups is 1. The molecular weight excluding hydrogens is 347 g/mol. The molecule has 1 fully saturated rings. The van der Waals surface area contributed by atoms with Crippen LogP contribution in [0, 0.1) is 18.7 Å². The van der Waals surface area contributed by atoms with Crippen molar-refractivity contribution in [2.24, 2.45) is 5.92 Å². The molecule has 1 aliphatic heterocycles. The maximum Gasteiger partial charge on any atom is 0.227 e. The van der Waals surface area contributed by atoms with Crippen LogP contribution in [0.25, 0.3) is 11.4 Å². The van der Waals surface area contributed by atoms with Crippen LogP contribution in [0.3, 0.4) is 0 Å². The first kappa shape index (κ1) is 19.5. The molecule has 0 unspecified atom stereocenters. The molecule has 146 valence electrons. The zero-order chi connectivity index (χ0) is 19.2. The third-order valence-electron chi connectivity index (χ3n) is 5.09. The van der Waals surface area contributed by atoms with Crippen molar-refractivity contribution in [3.8, 4) is 11.4 Å². The van der Waals surface area contributed by atoms with Gasteiger partial charge in [-0.15, -0.1) is 0 Å². The van der Waals surface area contributed by atoms with E-state index in [0.29, 0.717) is 41.6 Å². The van der Waals surface area contributed by atoms with Crippen molar-refractivity contribution in [2.75, 3.05) is 26.2 Å². The van der Waals surface area contributed by atoms with Crippen LogP contribution in [0.1, 0.15) is 37.6 Å². The third kappa shape index (κ3) is 5.13.